The predicted octanol–water partition coefficient (Wildman–Crippen LogP) is 4.39. The predicted molar refractivity (Wildman–Crippen MR) is 184 cm³/mol. The lowest BCUT2D eigenvalue weighted by atomic mass is 9.75. The van der Waals surface area contributed by atoms with Crippen molar-refractivity contribution in [3.63, 3.8) is 0 Å². The third-order valence-corrected chi connectivity index (χ3v) is 10.9. The van der Waals surface area contributed by atoms with Crippen LogP contribution in [-0.4, -0.2) is 113 Å². The molecule has 4 heterocycles. The number of amides is 1. The number of nitrogens with one attached hydrogen (secondary N) is 2. The van der Waals surface area contributed by atoms with Crippen molar-refractivity contribution < 1.29 is 42.8 Å². The van der Waals surface area contributed by atoms with Crippen LogP contribution < -0.4 is 5.32 Å². The van der Waals surface area contributed by atoms with E-state index in [2.05, 4.69) is 15.2 Å². The molecule has 4 saturated heterocycles. The van der Waals surface area contributed by atoms with E-state index in [9.17, 15) is 19.5 Å². The van der Waals surface area contributed by atoms with Gasteiger partial charge in [0.15, 0.2) is 12.1 Å². The fourth-order valence-electron chi connectivity index (χ4n) is 7.79. The number of rotatable bonds is 5. The molecule has 0 unspecified atom stereocenters. The van der Waals surface area contributed by atoms with E-state index in [0.29, 0.717) is 12.3 Å². The lowest BCUT2D eigenvalue weighted by Crippen LogP contribution is -2.57. The third-order valence-electron chi connectivity index (χ3n) is 10.9. The number of halogens is 1. The van der Waals surface area contributed by atoms with Crippen molar-refractivity contribution >= 4 is 29.2 Å². The molecular weight excluding hydrogens is 635 g/mol. The number of hydrogen-bond acceptors (Lipinski definition) is 10. The highest BCUT2D eigenvalue weighted by Gasteiger charge is 2.55. The number of esters is 1. The molecule has 13 heteroatoms. The minimum Gasteiger partial charge on any atom is -0.457 e. The number of ketones is 1. The molecule has 4 aliphatic heterocycles. The summed E-state index contributed by atoms with van der Waals surface area (Å²) in [6.07, 6.45) is -1.14. The highest BCUT2D eigenvalue weighted by molar-refractivity contribution is 6.08. The van der Waals surface area contributed by atoms with E-state index < -0.39 is 70.9 Å². The monoisotopic (exact) mass is 696 g/mol. The molecule has 4 fully saturated rings. The zero-order valence-electron chi connectivity index (χ0n) is 31.4. The van der Waals surface area contributed by atoms with Gasteiger partial charge in [0.1, 0.15) is 17.5 Å². The first-order chi connectivity index (χ1) is 22.7. The number of carbonyl (C=O) groups excluding carboxylic acids is 3. The lowest BCUT2D eigenvalue weighted by molar-refractivity contribution is -0.264. The second kappa shape index (κ2) is 16.4. The summed E-state index contributed by atoms with van der Waals surface area (Å²) < 4.78 is 41.9. The molecule has 0 spiro atoms. The molecule has 1 amide bonds. The van der Waals surface area contributed by atoms with E-state index in [-0.39, 0.29) is 62.5 Å². The molecule has 4 rings (SSSR count). The molecule has 12 nitrogen and oxygen atoms in total. The Kier molecular flexibility index (Phi) is 13.7. The van der Waals surface area contributed by atoms with Gasteiger partial charge in [0.25, 0.3) is 5.67 Å². The minimum atomic E-state index is -3.09. The molecule has 0 aromatic heterocycles. The van der Waals surface area contributed by atoms with E-state index in [0.717, 1.165) is 13.3 Å². The Labute approximate surface area is 291 Å². The summed E-state index contributed by atoms with van der Waals surface area (Å²) in [4.78, 5) is 47.1. The van der Waals surface area contributed by atoms with Gasteiger partial charge in [0.05, 0.1) is 24.4 Å². The molecule has 4 aliphatic rings. The quantitative estimate of drug-likeness (QED) is 0.278. The maximum atomic E-state index is 16.6. The fraction of sp³-hybridized carbons (Fsp3) is 0.861. The summed E-state index contributed by atoms with van der Waals surface area (Å²) in [5.41, 5.74) is -5.92. The lowest BCUT2D eigenvalue weighted by Gasteiger charge is -2.46. The van der Waals surface area contributed by atoms with Gasteiger partial charge in [-0.25, -0.2) is 14.2 Å². The van der Waals surface area contributed by atoms with Crippen LogP contribution in [0.3, 0.4) is 0 Å². The summed E-state index contributed by atoms with van der Waals surface area (Å²) in [5, 5.41) is 24.4. The van der Waals surface area contributed by atoms with Crippen LogP contribution in [0.4, 0.5) is 4.39 Å². The van der Waals surface area contributed by atoms with Gasteiger partial charge in [-0.1, -0.05) is 27.7 Å². The Balaban J connectivity index is 2.30. The van der Waals surface area contributed by atoms with Crippen molar-refractivity contribution in [2.75, 3.05) is 20.7 Å². The van der Waals surface area contributed by atoms with E-state index in [1.165, 1.54) is 13.8 Å². The van der Waals surface area contributed by atoms with Gasteiger partial charge in [-0.15, -0.1) is 0 Å². The molecule has 12 atom stereocenters. The van der Waals surface area contributed by atoms with Crippen molar-refractivity contribution in [3.8, 4) is 0 Å². The molecule has 280 valence electrons. The van der Waals surface area contributed by atoms with E-state index in [1.807, 2.05) is 34.9 Å². The summed E-state index contributed by atoms with van der Waals surface area (Å²) in [7, 11) is 3.94. The Morgan fingerprint density at radius 1 is 1.14 bits per heavy atom. The molecule has 3 N–H and O–H groups in total. The number of ether oxygens (including phenoxy) is 4. The van der Waals surface area contributed by atoms with Crippen molar-refractivity contribution in [2.24, 2.45) is 22.7 Å². The number of hydrogen-bond donors (Lipinski definition) is 3. The van der Waals surface area contributed by atoms with Crippen LogP contribution >= 0.6 is 0 Å². The molecule has 0 aromatic rings. The molecule has 0 radical (unpaired) electrons. The van der Waals surface area contributed by atoms with E-state index in [4.69, 9.17) is 24.4 Å². The third kappa shape index (κ3) is 9.52. The fourth-order valence-corrected chi connectivity index (χ4v) is 7.79. The van der Waals surface area contributed by atoms with Crippen LogP contribution in [0.2, 0.25) is 0 Å². The molecule has 49 heavy (non-hydrogen) atoms. The van der Waals surface area contributed by atoms with Gasteiger partial charge in [0.2, 0.25) is 5.91 Å². The van der Waals surface area contributed by atoms with Gasteiger partial charge in [0, 0.05) is 48.4 Å². The topological polar surface area (TPSA) is 160 Å². The van der Waals surface area contributed by atoms with Gasteiger partial charge in [-0.05, 0) is 80.8 Å². The van der Waals surface area contributed by atoms with Crippen molar-refractivity contribution in [2.45, 2.75) is 161 Å². The first-order valence-electron chi connectivity index (χ1n) is 17.9. The number of amidine groups is 1. The van der Waals surface area contributed by atoms with E-state index >= 15 is 4.39 Å². The maximum absolute atomic E-state index is 16.6. The Hall–Kier alpha value is -2.32. The molecule has 0 aliphatic carbocycles. The summed E-state index contributed by atoms with van der Waals surface area (Å²) >= 11 is 0. The number of alkyl halides is 1. The van der Waals surface area contributed by atoms with Crippen molar-refractivity contribution in [1.82, 2.24) is 10.2 Å². The number of aliphatic imine (C=N–C) groups is 1. The largest absolute Gasteiger partial charge is 0.457 e. The molecular formula is C36H61FN4O8. The number of aliphatic hydroxyl groups is 1. The Morgan fingerprint density at radius 3 is 2.39 bits per heavy atom. The standard InChI is InChI=1S/C36H61FN4O8/c1-12-27-36(9,45)26-15-14-24(38)19-46-34(7,18-20(3)32(39-23(26)6)40-28(42)13-2)31(22(5)30(43)35(8,37)33(44)48-27)49-29-17-25(41(10)11)16-21(4)47-29/h20-23,25-27,29,31,38,45H,12-19H2,1-11H3,(H,39,40,42)/t20-,21-,22+,23-,25+,26-,27-,29+,31-,34-,35+,36+/m1/s1. The number of carbonyl (C=O) groups is 3. The smallest absolute Gasteiger partial charge is 0.351 e. The maximum Gasteiger partial charge on any atom is 0.351 e. The van der Waals surface area contributed by atoms with Crippen molar-refractivity contribution in [1.29, 1.82) is 5.41 Å². The van der Waals surface area contributed by atoms with Crippen LogP contribution in [0.25, 0.3) is 0 Å². The highest BCUT2D eigenvalue weighted by Crippen LogP contribution is 2.40. The molecule has 2 bridgehead atoms. The van der Waals surface area contributed by atoms with Gasteiger partial charge < -0.3 is 39.7 Å². The normalized spacial score (nSPS) is 42.8. The number of Topliss-reactive ketones (excluding diaryl/α,β-unsaturated/α-hetero) is 1. The minimum absolute atomic E-state index is 0.108. The zero-order chi connectivity index (χ0) is 37.1. The number of nitrogens with zero attached hydrogens (tertiary/aromatic N) is 2. The van der Waals surface area contributed by atoms with Gasteiger partial charge >= 0.3 is 5.97 Å². The van der Waals surface area contributed by atoms with E-state index in [1.54, 1.807) is 20.8 Å². The second-order valence-electron chi connectivity index (χ2n) is 15.3. The van der Waals surface area contributed by atoms with Crippen LogP contribution in [0, 0.1) is 23.2 Å². The highest BCUT2D eigenvalue weighted by atomic mass is 19.1. The molecule has 0 saturated carbocycles. The summed E-state index contributed by atoms with van der Waals surface area (Å²) in [6.45, 7) is 14.6. The first kappa shape index (κ1) is 41.1. The SMILES string of the molecule is CCC(=O)/N=C1/N[C@H](C)[C@H]2CCC(=N)CO[C@](C)(C[C@H]1C)[C@H](O[C@H]1C[C@@H](N(C)C)C[C@@H](C)O1)[C@@H](C)C(=O)[C@](C)(F)C(=O)O[C@H](CC)[C@@]2(C)O. The van der Waals surface area contributed by atoms with Gasteiger partial charge in [-0.2, -0.15) is 0 Å². The average molecular weight is 697 g/mol. The van der Waals surface area contributed by atoms with Crippen LogP contribution in [-0.2, 0) is 33.3 Å². The zero-order valence-corrected chi connectivity index (χ0v) is 31.4. The second-order valence-corrected chi connectivity index (χ2v) is 15.3. The molecule has 0 aromatic carbocycles. The van der Waals surface area contributed by atoms with Crippen molar-refractivity contribution in [3.05, 3.63) is 0 Å². The Bertz CT molecular complexity index is 1240. The summed E-state index contributed by atoms with van der Waals surface area (Å²) in [6, 6.07) is -0.417. The van der Waals surface area contributed by atoms with Crippen LogP contribution in [0.15, 0.2) is 4.99 Å². The van der Waals surface area contributed by atoms with Crippen LogP contribution in [0.5, 0.6) is 0 Å². The Morgan fingerprint density at radius 2 is 1.80 bits per heavy atom. The van der Waals surface area contributed by atoms with Gasteiger partial charge in [-0.3, -0.25) is 9.59 Å². The summed E-state index contributed by atoms with van der Waals surface area (Å²) in [5.74, 6) is -4.84. The van der Waals surface area contributed by atoms with Crippen LogP contribution in [0.1, 0.15) is 107 Å². The first-order valence-corrected chi connectivity index (χ1v) is 17.9. The number of fused-ring (bicyclic) bond motifs is 15. The average Bonchev–Trinajstić information content (AvgIpc) is 3.02.